The minimum absolute atomic E-state index is 0.00901. The highest BCUT2D eigenvalue weighted by molar-refractivity contribution is 5.89. The van der Waals surface area contributed by atoms with Crippen LogP contribution in [0.4, 0.5) is 0 Å². The number of nitrogens with one attached hydrogen (secondary N) is 2. The molecular formula is C19H24N4O3. The first-order valence-electron chi connectivity index (χ1n) is 8.78. The topological polar surface area (TPSA) is 102 Å². The standard InChI is InChI=1S/C19H24N4O3/c1-14(15-6-3-2-4-7-15)23-13-16(12-18(23)25)19(26)22-11-5-10-21-17(24)8-9-20/h2-4,6-7,14,16H,5,8,10-13H2,1H3,(H,21,24)(H,22,26). The van der Waals surface area contributed by atoms with Crippen molar-refractivity contribution in [3.05, 3.63) is 35.9 Å². The Kier molecular flexibility index (Phi) is 7.15. The average Bonchev–Trinajstić information content (AvgIpc) is 3.03. The van der Waals surface area contributed by atoms with Crippen LogP contribution in [0.5, 0.6) is 0 Å². The van der Waals surface area contributed by atoms with Crippen LogP contribution >= 0.6 is 0 Å². The third-order valence-corrected chi connectivity index (χ3v) is 4.49. The predicted molar refractivity (Wildman–Crippen MR) is 95.5 cm³/mol. The summed E-state index contributed by atoms with van der Waals surface area (Å²) >= 11 is 0. The Balaban J connectivity index is 1.75. The number of carbonyl (C=O) groups excluding carboxylic acids is 3. The summed E-state index contributed by atoms with van der Waals surface area (Å²) in [6.45, 7) is 3.21. The fourth-order valence-electron chi connectivity index (χ4n) is 3.00. The van der Waals surface area contributed by atoms with E-state index in [1.807, 2.05) is 37.3 Å². The Labute approximate surface area is 153 Å². The number of nitrogens with zero attached hydrogens (tertiary/aromatic N) is 2. The van der Waals surface area contributed by atoms with E-state index in [1.165, 1.54) is 0 Å². The molecule has 138 valence electrons. The van der Waals surface area contributed by atoms with E-state index in [0.717, 1.165) is 5.56 Å². The third kappa shape index (κ3) is 5.31. The number of hydrogen-bond acceptors (Lipinski definition) is 4. The minimum atomic E-state index is -0.346. The summed E-state index contributed by atoms with van der Waals surface area (Å²) in [6.07, 6.45) is 0.640. The van der Waals surface area contributed by atoms with Crippen molar-refractivity contribution >= 4 is 17.7 Å². The van der Waals surface area contributed by atoms with Gasteiger partial charge in [-0.05, 0) is 18.9 Å². The normalized spacial score (nSPS) is 17.5. The minimum Gasteiger partial charge on any atom is -0.356 e. The molecule has 0 radical (unpaired) electrons. The van der Waals surface area contributed by atoms with Crippen LogP contribution in [0.15, 0.2) is 30.3 Å². The van der Waals surface area contributed by atoms with E-state index < -0.39 is 0 Å². The lowest BCUT2D eigenvalue weighted by atomic mass is 10.1. The summed E-state index contributed by atoms with van der Waals surface area (Å²) in [5.74, 6) is -0.803. The fraction of sp³-hybridized carbons (Fsp3) is 0.474. The molecule has 1 fully saturated rings. The molecule has 0 aliphatic carbocycles. The molecule has 2 unspecified atom stereocenters. The maximum atomic E-state index is 12.3. The molecular weight excluding hydrogens is 332 g/mol. The van der Waals surface area contributed by atoms with Crippen molar-refractivity contribution in [3.8, 4) is 6.07 Å². The van der Waals surface area contributed by atoms with Crippen LogP contribution in [0.25, 0.3) is 0 Å². The molecule has 2 N–H and O–H groups in total. The Morgan fingerprint density at radius 3 is 2.65 bits per heavy atom. The summed E-state index contributed by atoms with van der Waals surface area (Å²) in [4.78, 5) is 37.5. The van der Waals surface area contributed by atoms with E-state index in [0.29, 0.717) is 26.1 Å². The molecule has 0 aromatic heterocycles. The second kappa shape index (κ2) is 9.56. The molecule has 7 heteroatoms. The van der Waals surface area contributed by atoms with E-state index in [4.69, 9.17) is 5.26 Å². The van der Waals surface area contributed by atoms with Gasteiger partial charge in [0.25, 0.3) is 0 Å². The lowest BCUT2D eigenvalue weighted by Crippen LogP contribution is -2.35. The summed E-state index contributed by atoms with van der Waals surface area (Å²) < 4.78 is 0. The smallest absolute Gasteiger partial charge is 0.234 e. The van der Waals surface area contributed by atoms with Gasteiger partial charge in [0, 0.05) is 26.1 Å². The van der Waals surface area contributed by atoms with Gasteiger partial charge in [0.2, 0.25) is 17.7 Å². The molecule has 2 atom stereocenters. The number of rotatable bonds is 8. The van der Waals surface area contributed by atoms with E-state index in [2.05, 4.69) is 10.6 Å². The van der Waals surface area contributed by atoms with Crippen LogP contribution in [0.2, 0.25) is 0 Å². The van der Waals surface area contributed by atoms with Crippen molar-refractivity contribution in [1.82, 2.24) is 15.5 Å². The van der Waals surface area contributed by atoms with Gasteiger partial charge in [0.15, 0.2) is 0 Å². The molecule has 1 aliphatic rings. The van der Waals surface area contributed by atoms with Crippen LogP contribution < -0.4 is 10.6 Å². The third-order valence-electron chi connectivity index (χ3n) is 4.49. The van der Waals surface area contributed by atoms with Crippen molar-refractivity contribution in [3.63, 3.8) is 0 Å². The lowest BCUT2D eigenvalue weighted by molar-refractivity contribution is -0.130. The number of hydrogen-bond donors (Lipinski definition) is 2. The van der Waals surface area contributed by atoms with Gasteiger partial charge in [-0.1, -0.05) is 30.3 Å². The van der Waals surface area contributed by atoms with E-state index >= 15 is 0 Å². The van der Waals surface area contributed by atoms with Crippen LogP contribution in [-0.4, -0.2) is 42.3 Å². The number of likely N-dealkylation sites (tertiary alicyclic amines) is 1. The van der Waals surface area contributed by atoms with Gasteiger partial charge < -0.3 is 15.5 Å². The Bertz CT molecular complexity index is 684. The van der Waals surface area contributed by atoms with Crippen molar-refractivity contribution in [2.75, 3.05) is 19.6 Å². The first kappa shape index (κ1) is 19.4. The van der Waals surface area contributed by atoms with E-state index in [9.17, 15) is 14.4 Å². The Hall–Kier alpha value is -2.88. The maximum absolute atomic E-state index is 12.3. The first-order chi connectivity index (χ1) is 12.5. The Morgan fingerprint density at radius 2 is 1.96 bits per heavy atom. The highest BCUT2D eigenvalue weighted by Gasteiger charge is 2.36. The summed E-state index contributed by atoms with van der Waals surface area (Å²) in [7, 11) is 0. The molecule has 1 aromatic rings. The highest BCUT2D eigenvalue weighted by Crippen LogP contribution is 2.28. The number of amides is 3. The van der Waals surface area contributed by atoms with Crippen LogP contribution in [-0.2, 0) is 14.4 Å². The zero-order valence-corrected chi connectivity index (χ0v) is 14.9. The first-order valence-corrected chi connectivity index (χ1v) is 8.78. The van der Waals surface area contributed by atoms with Gasteiger partial charge in [-0.3, -0.25) is 14.4 Å². The molecule has 1 saturated heterocycles. The molecule has 1 aromatic carbocycles. The zero-order chi connectivity index (χ0) is 18.9. The number of carbonyl (C=O) groups is 3. The fourth-order valence-corrected chi connectivity index (χ4v) is 3.00. The SMILES string of the molecule is CC(c1ccccc1)N1CC(C(=O)NCCCNC(=O)CC#N)CC1=O. The van der Waals surface area contributed by atoms with Gasteiger partial charge in [0.05, 0.1) is 18.0 Å². The van der Waals surface area contributed by atoms with Gasteiger partial charge in [0.1, 0.15) is 6.42 Å². The van der Waals surface area contributed by atoms with Crippen LogP contribution in [0.1, 0.15) is 37.8 Å². The molecule has 1 aliphatic heterocycles. The highest BCUT2D eigenvalue weighted by atomic mass is 16.2. The number of nitriles is 1. The van der Waals surface area contributed by atoms with Gasteiger partial charge in [-0.25, -0.2) is 0 Å². The molecule has 7 nitrogen and oxygen atoms in total. The van der Waals surface area contributed by atoms with Crippen molar-refractivity contribution in [2.24, 2.45) is 5.92 Å². The second-order valence-corrected chi connectivity index (χ2v) is 6.36. The molecule has 0 spiro atoms. The van der Waals surface area contributed by atoms with Gasteiger partial charge in [-0.2, -0.15) is 5.26 Å². The maximum Gasteiger partial charge on any atom is 0.234 e. The van der Waals surface area contributed by atoms with Gasteiger partial charge in [-0.15, -0.1) is 0 Å². The molecule has 0 saturated carbocycles. The lowest BCUT2D eigenvalue weighted by Gasteiger charge is -2.25. The quantitative estimate of drug-likeness (QED) is 0.682. The summed E-state index contributed by atoms with van der Waals surface area (Å²) in [6, 6.07) is 11.5. The zero-order valence-electron chi connectivity index (χ0n) is 14.9. The summed E-state index contributed by atoms with van der Waals surface area (Å²) in [5.41, 5.74) is 1.05. The predicted octanol–water partition coefficient (Wildman–Crippen LogP) is 1.13. The molecule has 1 heterocycles. The number of benzene rings is 1. The van der Waals surface area contributed by atoms with Crippen molar-refractivity contribution in [1.29, 1.82) is 5.26 Å². The van der Waals surface area contributed by atoms with E-state index in [-0.39, 0.29) is 42.5 Å². The molecule has 26 heavy (non-hydrogen) atoms. The second-order valence-electron chi connectivity index (χ2n) is 6.36. The van der Waals surface area contributed by atoms with E-state index in [1.54, 1.807) is 11.0 Å². The summed E-state index contributed by atoms with van der Waals surface area (Å²) in [5, 5.41) is 13.8. The van der Waals surface area contributed by atoms with Crippen LogP contribution in [0, 0.1) is 17.2 Å². The molecule has 0 bridgehead atoms. The largest absolute Gasteiger partial charge is 0.356 e. The van der Waals surface area contributed by atoms with Crippen molar-refractivity contribution < 1.29 is 14.4 Å². The van der Waals surface area contributed by atoms with Crippen molar-refractivity contribution in [2.45, 2.75) is 32.2 Å². The Morgan fingerprint density at radius 1 is 1.27 bits per heavy atom. The monoisotopic (exact) mass is 356 g/mol. The molecule has 3 amide bonds. The van der Waals surface area contributed by atoms with Crippen LogP contribution in [0.3, 0.4) is 0 Å². The average molecular weight is 356 g/mol. The molecule has 2 rings (SSSR count). The van der Waals surface area contributed by atoms with Gasteiger partial charge >= 0.3 is 0 Å².